The van der Waals surface area contributed by atoms with Gasteiger partial charge in [-0.3, -0.25) is 0 Å². The van der Waals surface area contributed by atoms with Gasteiger partial charge in [0.1, 0.15) is 0 Å². The lowest BCUT2D eigenvalue weighted by Gasteiger charge is -2.09. The first-order chi connectivity index (χ1) is 26.3. The Morgan fingerprint density at radius 3 is 1.53 bits per heavy atom. The highest BCUT2D eigenvalue weighted by molar-refractivity contribution is 7.26. The molecule has 230 valence electrons. The van der Waals surface area contributed by atoms with E-state index < -0.39 is 18.1 Å². The van der Waals surface area contributed by atoms with Crippen LogP contribution in [0.15, 0.2) is 176 Å². The average molecular weight is 649 g/mol. The molecule has 0 aliphatic carbocycles. The van der Waals surface area contributed by atoms with Crippen LogP contribution in [-0.2, 0) is 0 Å². The number of benzene rings is 7. The summed E-state index contributed by atoms with van der Waals surface area (Å²) in [5, 5.41) is 2.28. The summed E-state index contributed by atoms with van der Waals surface area (Å²) in [6.07, 6.45) is 0. The molecular weight excluding hydrogens is 615 g/mol. The molecule has 0 bridgehead atoms. The Morgan fingerprint density at radius 2 is 0.898 bits per heavy atom. The Bertz CT molecular complexity index is 2830. The molecule has 49 heavy (non-hydrogen) atoms. The van der Waals surface area contributed by atoms with Crippen LogP contribution in [0, 0.1) is 0 Å². The minimum absolute atomic E-state index is 0.0109. The van der Waals surface area contributed by atoms with Crippen molar-refractivity contribution in [2.75, 3.05) is 0 Å². The van der Waals surface area contributed by atoms with Crippen molar-refractivity contribution in [3.8, 4) is 67.5 Å². The largest absolute Gasteiger partial charge is 0.208 e. The molecule has 0 spiro atoms. The molecule has 0 N–H and O–H groups in total. The van der Waals surface area contributed by atoms with Crippen LogP contribution in [0.1, 0.15) is 6.85 Å². The molecule has 0 fully saturated rings. The van der Waals surface area contributed by atoms with Crippen molar-refractivity contribution in [1.82, 2.24) is 15.0 Å². The summed E-state index contributed by atoms with van der Waals surface area (Å²) in [5.74, 6) is 0.681. The molecule has 7 aromatic carbocycles. The number of thiophene rings is 1. The lowest BCUT2D eigenvalue weighted by Crippen LogP contribution is -2.00. The molecule has 4 heteroatoms. The summed E-state index contributed by atoms with van der Waals surface area (Å²) in [5.41, 5.74) is 8.08. The average Bonchev–Trinajstić information content (AvgIpc) is 3.61. The predicted octanol–water partition coefficient (Wildman–Crippen LogP) is 12.2. The number of hydrogen-bond donors (Lipinski definition) is 0. The van der Waals surface area contributed by atoms with Crippen LogP contribution >= 0.6 is 11.3 Å². The van der Waals surface area contributed by atoms with Gasteiger partial charge in [0, 0.05) is 36.9 Å². The van der Waals surface area contributed by atoms with Gasteiger partial charge in [0.05, 0.1) is 6.85 Å². The molecule has 0 aliphatic heterocycles. The highest BCUT2D eigenvalue weighted by atomic mass is 32.1. The number of rotatable bonds is 6. The fourth-order valence-corrected chi connectivity index (χ4v) is 7.40. The second-order valence-electron chi connectivity index (χ2n) is 11.7. The molecule has 0 radical (unpaired) electrons. The van der Waals surface area contributed by atoms with Gasteiger partial charge >= 0.3 is 0 Å². The Kier molecular flexibility index (Phi) is 6.08. The third kappa shape index (κ3) is 5.58. The number of fused-ring (bicyclic) bond motifs is 3. The first-order valence-corrected chi connectivity index (χ1v) is 16.8. The molecule has 9 rings (SSSR count). The summed E-state index contributed by atoms with van der Waals surface area (Å²) >= 11 is 1.69. The molecule has 0 aliphatic rings. The zero-order chi connectivity index (χ0) is 36.9. The minimum atomic E-state index is -0.471. The Labute approximate surface area is 295 Å². The molecule has 3 nitrogen and oxygen atoms in total. The minimum Gasteiger partial charge on any atom is -0.208 e. The van der Waals surface area contributed by atoms with Crippen LogP contribution in [0.3, 0.4) is 0 Å². The maximum Gasteiger partial charge on any atom is 0.164 e. The van der Waals surface area contributed by atoms with Crippen molar-refractivity contribution in [2.24, 2.45) is 0 Å². The quantitative estimate of drug-likeness (QED) is 0.180. The second kappa shape index (κ2) is 12.4. The third-order valence-corrected chi connectivity index (χ3v) is 9.79. The van der Waals surface area contributed by atoms with Crippen molar-refractivity contribution in [3.63, 3.8) is 0 Å². The third-order valence-electron chi connectivity index (χ3n) is 8.67. The topological polar surface area (TPSA) is 38.7 Å². The summed E-state index contributed by atoms with van der Waals surface area (Å²) < 4.78 is 44.4. The van der Waals surface area contributed by atoms with Crippen LogP contribution in [-0.4, -0.2) is 15.0 Å². The van der Waals surface area contributed by atoms with E-state index in [2.05, 4.69) is 66.7 Å². The highest BCUT2D eigenvalue weighted by Gasteiger charge is 2.16. The first-order valence-electron chi connectivity index (χ1n) is 18.4. The summed E-state index contributed by atoms with van der Waals surface area (Å²) in [6.45, 7) is 0. The van der Waals surface area contributed by atoms with Gasteiger partial charge in [0.25, 0.3) is 0 Å². The standard InChI is InChI=1S/C45H29N3S/c1-4-11-30(12-5-1)32-19-23-34(24-20-32)38-17-10-18-40-42(38)39-28-27-37(29-41(39)49-40)45-47-43(35-15-8-3-9-16-35)46-44(48-45)36-25-21-33(22-26-36)31-13-6-2-7-14-31/h1-29H/i3D,8D,9D,15D,16D. The molecule has 2 heterocycles. The maximum absolute atomic E-state index is 8.69. The Morgan fingerprint density at radius 1 is 0.388 bits per heavy atom. The molecule has 0 atom stereocenters. The first kappa shape index (κ1) is 24.0. The van der Waals surface area contributed by atoms with Crippen molar-refractivity contribution in [1.29, 1.82) is 0 Å². The SMILES string of the molecule is [2H]c1c([2H])c([2H])c(-c2nc(-c3ccc(-c4ccccc4)cc3)nc(-c3ccc4c(c3)sc3cccc(-c5ccc(-c6ccccc6)cc5)c34)n2)c([2H])c1[2H]. The van der Waals surface area contributed by atoms with E-state index in [4.69, 9.17) is 21.8 Å². The molecule has 9 aromatic rings. The molecule has 0 saturated carbocycles. The highest BCUT2D eigenvalue weighted by Crippen LogP contribution is 2.41. The number of aromatic nitrogens is 3. The van der Waals surface area contributed by atoms with Gasteiger partial charge in [-0.2, -0.15) is 0 Å². The fourth-order valence-electron chi connectivity index (χ4n) is 6.23. The van der Waals surface area contributed by atoms with E-state index >= 15 is 0 Å². The fraction of sp³-hybridized carbons (Fsp3) is 0. The van der Waals surface area contributed by atoms with Crippen molar-refractivity contribution >= 4 is 31.5 Å². The summed E-state index contributed by atoms with van der Waals surface area (Å²) in [4.78, 5) is 14.4. The maximum atomic E-state index is 8.69. The van der Waals surface area contributed by atoms with Crippen LogP contribution in [0.4, 0.5) is 0 Å². The van der Waals surface area contributed by atoms with Gasteiger partial charge in [0.2, 0.25) is 0 Å². The van der Waals surface area contributed by atoms with E-state index in [1.54, 1.807) is 11.3 Å². The Hall–Kier alpha value is -6.23. The molecule has 0 amide bonds. The zero-order valence-electron chi connectivity index (χ0n) is 31.1. The van der Waals surface area contributed by atoms with Gasteiger partial charge in [-0.15, -0.1) is 11.3 Å². The van der Waals surface area contributed by atoms with Gasteiger partial charge in [-0.25, -0.2) is 15.0 Å². The smallest absolute Gasteiger partial charge is 0.164 e. The molecule has 2 aromatic heterocycles. The molecule has 0 unspecified atom stereocenters. The van der Waals surface area contributed by atoms with Crippen LogP contribution in [0.5, 0.6) is 0 Å². The molecule has 0 saturated heterocycles. The van der Waals surface area contributed by atoms with E-state index in [0.717, 1.165) is 48.2 Å². The van der Waals surface area contributed by atoms with Gasteiger partial charge in [-0.05, 0) is 45.5 Å². The van der Waals surface area contributed by atoms with Crippen molar-refractivity contribution in [2.45, 2.75) is 0 Å². The lowest BCUT2D eigenvalue weighted by molar-refractivity contribution is 1.07. The van der Waals surface area contributed by atoms with Crippen LogP contribution < -0.4 is 0 Å². The molecular formula is C45H29N3S. The second-order valence-corrected chi connectivity index (χ2v) is 12.8. The Balaban J connectivity index is 1.17. The van der Waals surface area contributed by atoms with Crippen molar-refractivity contribution < 1.29 is 6.85 Å². The monoisotopic (exact) mass is 648 g/mol. The van der Waals surface area contributed by atoms with Crippen LogP contribution in [0.2, 0.25) is 0 Å². The van der Waals surface area contributed by atoms with Crippen molar-refractivity contribution in [3.05, 3.63) is 176 Å². The number of hydrogen-bond acceptors (Lipinski definition) is 4. The summed E-state index contributed by atoms with van der Waals surface area (Å²) in [7, 11) is 0. The van der Waals surface area contributed by atoms with E-state index in [9.17, 15) is 0 Å². The van der Waals surface area contributed by atoms with E-state index in [1.165, 1.54) is 10.9 Å². The lowest BCUT2D eigenvalue weighted by atomic mass is 9.97. The van der Waals surface area contributed by atoms with Gasteiger partial charge in [-0.1, -0.05) is 164 Å². The van der Waals surface area contributed by atoms with Crippen LogP contribution in [0.25, 0.3) is 87.7 Å². The van der Waals surface area contributed by atoms with E-state index in [-0.39, 0.29) is 23.5 Å². The van der Waals surface area contributed by atoms with E-state index in [1.807, 2.05) is 78.9 Å². The zero-order valence-corrected chi connectivity index (χ0v) is 26.9. The predicted molar refractivity (Wildman–Crippen MR) is 205 cm³/mol. The van der Waals surface area contributed by atoms with Gasteiger partial charge in [0.15, 0.2) is 17.5 Å². The normalized spacial score (nSPS) is 12.7. The summed E-state index contributed by atoms with van der Waals surface area (Å²) in [6, 6.07) is 47.3. The number of nitrogens with zero attached hydrogens (tertiary/aromatic N) is 3. The van der Waals surface area contributed by atoms with E-state index in [0.29, 0.717) is 17.2 Å². The van der Waals surface area contributed by atoms with Gasteiger partial charge < -0.3 is 0 Å².